The van der Waals surface area contributed by atoms with Crippen molar-refractivity contribution in [3.05, 3.63) is 51.6 Å². The molecule has 2 nitrogen and oxygen atoms in total. The summed E-state index contributed by atoms with van der Waals surface area (Å²) in [5.41, 5.74) is 8.26. The molecule has 2 rings (SSSR count). The van der Waals surface area contributed by atoms with Crippen molar-refractivity contribution in [1.29, 1.82) is 0 Å². The Kier molecular flexibility index (Phi) is 5.13. The summed E-state index contributed by atoms with van der Waals surface area (Å²) in [6.45, 7) is 0.938. The molecule has 0 radical (unpaired) electrons. The Labute approximate surface area is 132 Å². The zero-order valence-corrected chi connectivity index (χ0v) is 14.0. The Morgan fingerprint density at radius 2 is 1.84 bits per heavy atom. The van der Waals surface area contributed by atoms with Gasteiger partial charge >= 0.3 is 0 Å². The van der Waals surface area contributed by atoms with Crippen molar-refractivity contribution in [1.82, 2.24) is 4.90 Å². The van der Waals surface area contributed by atoms with Gasteiger partial charge in [-0.3, -0.25) is 0 Å². The third-order valence-corrected chi connectivity index (χ3v) is 4.53. The van der Waals surface area contributed by atoms with E-state index in [0.29, 0.717) is 0 Å². The van der Waals surface area contributed by atoms with E-state index in [0.717, 1.165) is 17.1 Å². The van der Waals surface area contributed by atoms with Crippen LogP contribution in [0.25, 0.3) is 0 Å². The summed E-state index contributed by atoms with van der Waals surface area (Å²) in [6, 6.07) is 14.7. The third kappa shape index (κ3) is 4.12. The van der Waals surface area contributed by atoms with E-state index in [1.165, 1.54) is 14.0 Å². The molecular formula is C15H17IN2S. The minimum atomic E-state index is 0.844. The Morgan fingerprint density at radius 3 is 2.53 bits per heavy atom. The predicted molar refractivity (Wildman–Crippen MR) is 91.5 cm³/mol. The molecule has 19 heavy (non-hydrogen) atoms. The van der Waals surface area contributed by atoms with Gasteiger partial charge < -0.3 is 10.6 Å². The Balaban J connectivity index is 2.27. The summed E-state index contributed by atoms with van der Waals surface area (Å²) in [4.78, 5) is 4.56. The first-order valence-corrected chi connectivity index (χ1v) is 7.91. The number of rotatable bonds is 4. The zero-order chi connectivity index (χ0) is 13.8. The number of hydrogen-bond donors (Lipinski definition) is 1. The molecule has 0 aromatic heterocycles. The van der Waals surface area contributed by atoms with Crippen LogP contribution in [0.2, 0.25) is 0 Å². The van der Waals surface area contributed by atoms with Crippen LogP contribution in [0.1, 0.15) is 5.56 Å². The van der Waals surface area contributed by atoms with Crippen LogP contribution in [0, 0.1) is 3.57 Å². The Morgan fingerprint density at radius 1 is 1.11 bits per heavy atom. The second-order valence-corrected chi connectivity index (χ2v) is 6.96. The summed E-state index contributed by atoms with van der Waals surface area (Å²) < 4.78 is 1.17. The fourth-order valence-electron chi connectivity index (χ4n) is 1.81. The van der Waals surface area contributed by atoms with Gasteiger partial charge in [-0.15, -0.1) is 0 Å². The maximum atomic E-state index is 6.08. The van der Waals surface area contributed by atoms with Crippen LogP contribution in [0.3, 0.4) is 0 Å². The molecule has 0 aliphatic rings. The molecule has 2 aromatic carbocycles. The fraction of sp³-hybridized carbons (Fsp3) is 0.200. The van der Waals surface area contributed by atoms with Crippen molar-refractivity contribution in [2.45, 2.75) is 16.3 Å². The number of nitrogen functional groups attached to an aromatic ring is 1. The van der Waals surface area contributed by atoms with Crippen molar-refractivity contribution in [2.75, 3.05) is 19.8 Å². The Hall–Kier alpha value is -0.720. The molecule has 0 unspecified atom stereocenters. The van der Waals surface area contributed by atoms with Gasteiger partial charge in [0, 0.05) is 25.6 Å². The minimum Gasteiger partial charge on any atom is -0.398 e. The fourth-order valence-corrected chi connectivity index (χ4v) is 3.28. The average Bonchev–Trinajstić information content (AvgIpc) is 2.34. The monoisotopic (exact) mass is 380 g/mol. The van der Waals surface area contributed by atoms with Crippen molar-refractivity contribution < 1.29 is 0 Å². The van der Waals surface area contributed by atoms with E-state index in [4.69, 9.17) is 5.73 Å². The van der Waals surface area contributed by atoms with Crippen LogP contribution in [0.15, 0.2) is 52.3 Å². The van der Waals surface area contributed by atoms with E-state index in [1.54, 1.807) is 11.8 Å². The molecule has 0 atom stereocenters. The van der Waals surface area contributed by atoms with Gasteiger partial charge in [0.15, 0.2) is 0 Å². The third-order valence-electron chi connectivity index (χ3n) is 2.65. The zero-order valence-electron chi connectivity index (χ0n) is 11.1. The quantitative estimate of drug-likeness (QED) is 0.640. The lowest BCUT2D eigenvalue weighted by Gasteiger charge is -2.14. The SMILES string of the molecule is CN(C)Cc1ccccc1Sc1ccc([123I])cc1N. The highest BCUT2D eigenvalue weighted by molar-refractivity contribution is 14.1. The molecule has 2 aromatic rings. The number of nitrogens with zero attached hydrogens (tertiary/aromatic N) is 1. The lowest BCUT2D eigenvalue weighted by Crippen LogP contribution is -2.11. The maximum absolute atomic E-state index is 6.08. The second-order valence-electron chi connectivity index (χ2n) is 4.63. The molecule has 0 aliphatic heterocycles. The molecule has 0 aliphatic carbocycles. The average molecular weight is 380 g/mol. The first-order valence-electron chi connectivity index (χ1n) is 6.02. The number of hydrogen-bond acceptors (Lipinski definition) is 3. The largest absolute Gasteiger partial charge is 0.398 e. The van der Waals surface area contributed by atoms with E-state index in [9.17, 15) is 0 Å². The van der Waals surface area contributed by atoms with Crippen molar-refractivity contribution in [2.24, 2.45) is 0 Å². The van der Waals surface area contributed by atoms with Gasteiger partial charge in [-0.1, -0.05) is 30.0 Å². The molecule has 0 saturated heterocycles. The topological polar surface area (TPSA) is 29.3 Å². The van der Waals surface area contributed by atoms with Gasteiger partial charge in [0.25, 0.3) is 0 Å². The van der Waals surface area contributed by atoms with Gasteiger partial charge in [0.1, 0.15) is 0 Å². The highest BCUT2D eigenvalue weighted by atomic mass is 123. The number of halogens is 1. The summed E-state index contributed by atoms with van der Waals surface area (Å²) in [7, 11) is 4.17. The highest BCUT2D eigenvalue weighted by Crippen LogP contribution is 2.35. The van der Waals surface area contributed by atoms with Crippen LogP contribution >= 0.6 is 34.4 Å². The smallest absolute Gasteiger partial charge is 0.0466 e. The van der Waals surface area contributed by atoms with Gasteiger partial charge in [-0.05, 0) is 66.5 Å². The van der Waals surface area contributed by atoms with Gasteiger partial charge in [0.05, 0.1) is 0 Å². The van der Waals surface area contributed by atoms with E-state index < -0.39 is 0 Å². The predicted octanol–water partition coefficient (Wildman–Crippen LogP) is 4.09. The second kappa shape index (κ2) is 6.63. The summed E-state index contributed by atoms with van der Waals surface area (Å²) >= 11 is 4.02. The first-order chi connectivity index (χ1) is 9.06. The molecule has 0 saturated carbocycles. The van der Waals surface area contributed by atoms with Crippen LogP contribution in [0.4, 0.5) is 5.69 Å². The maximum Gasteiger partial charge on any atom is 0.0466 e. The van der Waals surface area contributed by atoms with Gasteiger partial charge in [0.2, 0.25) is 0 Å². The summed E-state index contributed by atoms with van der Waals surface area (Å²) in [6.07, 6.45) is 0. The van der Waals surface area contributed by atoms with Crippen LogP contribution < -0.4 is 5.73 Å². The normalized spacial score (nSPS) is 10.9. The molecule has 4 heteroatoms. The van der Waals surface area contributed by atoms with Crippen LogP contribution in [-0.4, -0.2) is 19.0 Å². The first kappa shape index (κ1) is 14.7. The molecule has 0 heterocycles. The van der Waals surface area contributed by atoms with E-state index >= 15 is 0 Å². The number of anilines is 1. The van der Waals surface area contributed by atoms with Crippen molar-refractivity contribution >= 4 is 40.0 Å². The highest BCUT2D eigenvalue weighted by Gasteiger charge is 2.07. The van der Waals surface area contributed by atoms with Gasteiger partial charge in [-0.25, -0.2) is 0 Å². The van der Waals surface area contributed by atoms with Crippen LogP contribution in [0.5, 0.6) is 0 Å². The van der Waals surface area contributed by atoms with E-state index in [1.807, 2.05) is 6.07 Å². The molecular weight excluding hydrogens is 363 g/mol. The van der Waals surface area contributed by atoms with Gasteiger partial charge in [-0.2, -0.15) is 0 Å². The van der Waals surface area contributed by atoms with E-state index in [-0.39, 0.29) is 0 Å². The number of benzene rings is 2. The lowest BCUT2D eigenvalue weighted by molar-refractivity contribution is 0.399. The molecule has 0 bridgehead atoms. The molecule has 0 fully saturated rings. The minimum absolute atomic E-state index is 0.844. The van der Waals surface area contributed by atoms with Crippen molar-refractivity contribution in [3.63, 3.8) is 0 Å². The molecule has 2 N–H and O–H groups in total. The standard InChI is InChI=1S/C15H17IN2S/c1-18(2)10-11-5-3-4-6-14(11)19-15-8-7-12(16)9-13(15)17/h3-9H,10,17H2,1-2H3/i16-4. The lowest BCUT2D eigenvalue weighted by atomic mass is 10.2. The summed E-state index contributed by atoms with van der Waals surface area (Å²) in [5.74, 6) is 0. The number of nitrogens with two attached hydrogens (primary N) is 1. The molecule has 0 amide bonds. The molecule has 0 spiro atoms. The van der Waals surface area contributed by atoms with Crippen molar-refractivity contribution in [3.8, 4) is 0 Å². The Bertz CT molecular complexity index is 570. The van der Waals surface area contributed by atoms with E-state index in [2.05, 4.69) is 78.0 Å². The molecule has 100 valence electrons. The summed E-state index contributed by atoms with van der Waals surface area (Å²) in [5, 5.41) is 0. The van der Waals surface area contributed by atoms with Crippen LogP contribution in [-0.2, 0) is 6.54 Å².